The number of pyridine rings is 1. The minimum Gasteiger partial charge on any atom is -0.475 e. The average Bonchev–Trinajstić information content (AvgIpc) is 3.20. The summed E-state index contributed by atoms with van der Waals surface area (Å²) in [6, 6.07) is 3.78. The third-order valence-corrected chi connectivity index (χ3v) is 5.90. The first-order chi connectivity index (χ1) is 16.6. The van der Waals surface area contributed by atoms with Gasteiger partial charge in [0.15, 0.2) is 16.3 Å². The van der Waals surface area contributed by atoms with Gasteiger partial charge in [-0.3, -0.25) is 18.9 Å². The van der Waals surface area contributed by atoms with Gasteiger partial charge >= 0.3 is 12.1 Å². The fourth-order valence-electron chi connectivity index (χ4n) is 3.15. The number of nitrogens with zero attached hydrogens (tertiary/aromatic N) is 6. The third kappa shape index (κ3) is 6.31. The van der Waals surface area contributed by atoms with E-state index in [4.69, 9.17) is 19.9 Å². The first-order valence-electron chi connectivity index (χ1n) is 10.3. The van der Waals surface area contributed by atoms with Crippen LogP contribution in [0.25, 0.3) is 11.2 Å². The number of anilines is 1. The maximum atomic E-state index is 13.2. The molecule has 3 aromatic heterocycles. The number of hydrogen-bond acceptors (Lipinski definition) is 8. The standard InChI is InChI=1S/C19H21N7OS.C2HF3O2/c1-3-4-11-26-15-16(22-18(26)25-12-9-21-10-13-25)23-19(24(2)17(15)27)28-14-5-7-20-8-6-14;3-2(4,5)1(6)7/h5-8,21H,9-13H2,1-2H3;(H,6,7). The molecule has 0 aromatic carbocycles. The number of halogens is 3. The lowest BCUT2D eigenvalue weighted by atomic mass is 10.4. The van der Waals surface area contributed by atoms with Crippen LogP contribution in [0.15, 0.2) is 39.4 Å². The van der Waals surface area contributed by atoms with Crippen LogP contribution in [-0.4, -0.2) is 67.5 Å². The topological polar surface area (TPSA) is 118 Å². The second kappa shape index (κ2) is 11.2. The van der Waals surface area contributed by atoms with Gasteiger partial charge in [-0.15, -0.1) is 5.92 Å². The molecule has 0 unspecified atom stereocenters. The molecule has 2 N–H and O–H groups in total. The number of hydrogen-bond donors (Lipinski definition) is 2. The molecule has 1 saturated heterocycles. The second-order valence-corrected chi connectivity index (χ2v) is 8.22. The molecule has 0 spiro atoms. The zero-order valence-corrected chi connectivity index (χ0v) is 19.7. The molecule has 0 amide bonds. The highest BCUT2D eigenvalue weighted by molar-refractivity contribution is 7.99. The van der Waals surface area contributed by atoms with Crippen molar-refractivity contribution in [2.24, 2.45) is 7.05 Å². The highest BCUT2D eigenvalue weighted by Gasteiger charge is 2.38. The van der Waals surface area contributed by atoms with Crippen molar-refractivity contribution in [1.82, 2.24) is 29.4 Å². The van der Waals surface area contributed by atoms with Crippen molar-refractivity contribution in [1.29, 1.82) is 0 Å². The number of nitrogens with one attached hydrogen (secondary N) is 1. The predicted octanol–water partition coefficient (Wildman–Crippen LogP) is 1.74. The van der Waals surface area contributed by atoms with Gasteiger partial charge in [-0.2, -0.15) is 18.2 Å². The van der Waals surface area contributed by atoms with Crippen molar-refractivity contribution in [3.8, 4) is 11.8 Å². The summed E-state index contributed by atoms with van der Waals surface area (Å²) in [4.78, 5) is 38.7. The fraction of sp³-hybridized carbons (Fsp3) is 0.381. The van der Waals surface area contributed by atoms with E-state index in [0.29, 0.717) is 22.9 Å². The van der Waals surface area contributed by atoms with E-state index in [1.54, 1.807) is 30.9 Å². The Balaban J connectivity index is 0.000000429. The Morgan fingerprint density at radius 3 is 2.43 bits per heavy atom. The molecule has 0 saturated carbocycles. The van der Waals surface area contributed by atoms with E-state index in [0.717, 1.165) is 37.0 Å². The molecule has 0 radical (unpaired) electrons. The molecule has 1 aliphatic heterocycles. The Labute approximate surface area is 202 Å². The number of alkyl halides is 3. The maximum absolute atomic E-state index is 13.2. The van der Waals surface area contributed by atoms with Gasteiger partial charge in [0.1, 0.15) is 0 Å². The number of imidazole rings is 1. The van der Waals surface area contributed by atoms with E-state index in [1.807, 2.05) is 16.7 Å². The molecule has 3 aromatic rings. The Kier molecular flexibility index (Phi) is 8.36. The van der Waals surface area contributed by atoms with Crippen molar-refractivity contribution in [2.75, 3.05) is 31.1 Å². The smallest absolute Gasteiger partial charge is 0.475 e. The van der Waals surface area contributed by atoms with E-state index in [-0.39, 0.29) is 5.56 Å². The monoisotopic (exact) mass is 509 g/mol. The van der Waals surface area contributed by atoms with Crippen molar-refractivity contribution >= 4 is 34.8 Å². The number of fused-ring (bicyclic) bond motifs is 1. The Morgan fingerprint density at radius 1 is 1.23 bits per heavy atom. The van der Waals surface area contributed by atoms with E-state index >= 15 is 0 Å². The summed E-state index contributed by atoms with van der Waals surface area (Å²) in [7, 11) is 1.74. The lowest BCUT2D eigenvalue weighted by Crippen LogP contribution is -2.44. The summed E-state index contributed by atoms with van der Waals surface area (Å²) >= 11 is 1.42. The number of carbonyl (C=O) groups is 1. The predicted molar refractivity (Wildman–Crippen MR) is 123 cm³/mol. The third-order valence-electron chi connectivity index (χ3n) is 4.84. The van der Waals surface area contributed by atoms with Crippen molar-refractivity contribution < 1.29 is 23.1 Å². The minimum absolute atomic E-state index is 0.117. The molecular weight excluding hydrogens is 487 g/mol. The number of rotatable bonds is 4. The van der Waals surface area contributed by atoms with Crippen LogP contribution in [0.4, 0.5) is 19.1 Å². The molecular formula is C21H22F3N7O3S. The molecule has 4 rings (SSSR count). The van der Waals surface area contributed by atoms with Crippen LogP contribution in [0.2, 0.25) is 0 Å². The van der Waals surface area contributed by atoms with Crippen molar-refractivity contribution in [2.45, 2.75) is 29.7 Å². The van der Waals surface area contributed by atoms with E-state index in [1.165, 1.54) is 11.8 Å². The molecule has 0 atom stereocenters. The van der Waals surface area contributed by atoms with E-state index in [9.17, 15) is 18.0 Å². The molecule has 14 heteroatoms. The summed E-state index contributed by atoms with van der Waals surface area (Å²) in [5.41, 5.74) is 0.845. The van der Waals surface area contributed by atoms with Crippen LogP contribution in [0.1, 0.15) is 6.92 Å². The van der Waals surface area contributed by atoms with Gasteiger partial charge in [-0.05, 0) is 19.1 Å². The quantitative estimate of drug-likeness (QED) is 0.401. The highest BCUT2D eigenvalue weighted by Crippen LogP contribution is 2.27. The fourth-order valence-corrected chi connectivity index (χ4v) is 3.97. The van der Waals surface area contributed by atoms with Crippen LogP contribution >= 0.6 is 11.8 Å². The SMILES string of the molecule is CC#CCn1c(N2CCNCC2)nc2nc(Sc3ccncc3)n(C)c(=O)c21.O=C(O)C(F)(F)F. The summed E-state index contributed by atoms with van der Waals surface area (Å²) in [5, 5.41) is 11.1. The van der Waals surface area contributed by atoms with E-state index in [2.05, 4.69) is 27.0 Å². The molecule has 35 heavy (non-hydrogen) atoms. The molecule has 0 aliphatic carbocycles. The number of aromatic nitrogens is 5. The molecule has 4 heterocycles. The number of aliphatic carboxylic acids is 1. The molecule has 1 aliphatic rings. The van der Waals surface area contributed by atoms with E-state index < -0.39 is 12.1 Å². The zero-order valence-electron chi connectivity index (χ0n) is 18.8. The number of piperazine rings is 1. The van der Waals surface area contributed by atoms with Gasteiger partial charge in [0.25, 0.3) is 5.56 Å². The lowest BCUT2D eigenvalue weighted by molar-refractivity contribution is -0.192. The van der Waals surface area contributed by atoms with Crippen LogP contribution < -0.4 is 15.8 Å². The largest absolute Gasteiger partial charge is 0.490 e. The Bertz CT molecular complexity index is 1310. The van der Waals surface area contributed by atoms with Crippen LogP contribution in [0, 0.1) is 11.8 Å². The van der Waals surface area contributed by atoms with Gasteiger partial charge in [0.05, 0.1) is 6.54 Å². The maximum Gasteiger partial charge on any atom is 0.490 e. The first-order valence-corrected chi connectivity index (χ1v) is 11.2. The van der Waals surface area contributed by atoms with Gasteiger partial charge < -0.3 is 15.3 Å². The Morgan fingerprint density at radius 2 is 1.86 bits per heavy atom. The second-order valence-electron chi connectivity index (χ2n) is 7.18. The van der Waals surface area contributed by atoms with Crippen LogP contribution in [0.5, 0.6) is 0 Å². The highest BCUT2D eigenvalue weighted by atomic mass is 32.2. The van der Waals surface area contributed by atoms with Crippen molar-refractivity contribution in [3.63, 3.8) is 0 Å². The number of carboxylic acids is 1. The molecule has 10 nitrogen and oxygen atoms in total. The summed E-state index contributed by atoms with van der Waals surface area (Å²) < 4.78 is 35.2. The van der Waals surface area contributed by atoms with Gasteiger partial charge in [-0.25, -0.2) is 9.78 Å². The minimum atomic E-state index is -5.08. The lowest BCUT2D eigenvalue weighted by Gasteiger charge is -2.28. The average molecular weight is 510 g/mol. The molecule has 1 fully saturated rings. The van der Waals surface area contributed by atoms with Gasteiger partial charge in [0, 0.05) is 50.5 Å². The van der Waals surface area contributed by atoms with Crippen LogP contribution in [0.3, 0.4) is 0 Å². The molecule has 186 valence electrons. The van der Waals surface area contributed by atoms with Crippen molar-refractivity contribution in [3.05, 3.63) is 34.9 Å². The number of carboxylic acid groups (broad SMARTS) is 1. The van der Waals surface area contributed by atoms with Gasteiger partial charge in [-0.1, -0.05) is 17.7 Å². The van der Waals surface area contributed by atoms with Crippen LogP contribution in [-0.2, 0) is 18.4 Å². The zero-order chi connectivity index (χ0) is 25.6. The van der Waals surface area contributed by atoms with Gasteiger partial charge in [0.2, 0.25) is 5.95 Å². The molecule has 0 bridgehead atoms. The summed E-state index contributed by atoms with van der Waals surface area (Å²) in [5.74, 6) is 3.98. The first kappa shape index (κ1) is 26.0. The summed E-state index contributed by atoms with van der Waals surface area (Å²) in [6.45, 7) is 5.65. The normalized spacial score (nSPS) is 13.6. The Hall–Kier alpha value is -3.57. The summed E-state index contributed by atoms with van der Waals surface area (Å²) in [6.07, 6.45) is -1.64.